The number of aryl methyl sites for hydroxylation is 3. The largest absolute Gasteiger partial charge is 0.0683 e. The highest BCUT2D eigenvalue weighted by Crippen LogP contribution is 2.13. The summed E-state index contributed by atoms with van der Waals surface area (Å²) in [5.41, 5.74) is 5.58. The Kier molecular flexibility index (Phi) is 18.3. The van der Waals surface area contributed by atoms with Crippen molar-refractivity contribution in [3.05, 3.63) is 34.4 Å². The van der Waals surface area contributed by atoms with Crippen molar-refractivity contribution < 1.29 is 0 Å². The third-order valence-corrected chi connectivity index (χ3v) is 2.07. The summed E-state index contributed by atoms with van der Waals surface area (Å²) in [6.45, 7) is 20.6. The standard InChI is InChI=1S/C10H14.3C2H6/c1-7-5-8(2)10(4)9(3)6-7;3*1-2/h5-6H,1-4H3;3*1-2H3. The maximum Gasteiger partial charge on any atom is -0.0392 e. The lowest BCUT2D eigenvalue weighted by atomic mass is 10.0. The SMILES string of the molecule is CC.CC.CC.Cc1cc(C)c(C)c(C)c1. The van der Waals surface area contributed by atoms with E-state index in [1.807, 2.05) is 41.5 Å². The summed E-state index contributed by atoms with van der Waals surface area (Å²) in [7, 11) is 0. The normalized spacial score (nSPS) is 7.38. The maximum atomic E-state index is 2.22. The first-order valence-electron chi connectivity index (χ1n) is 6.65. The minimum atomic E-state index is 1.36. The molecule has 0 aliphatic rings. The second-order valence-electron chi connectivity index (χ2n) is 3.02. The highest BCUT2D eigenvalue weighted by Gasteiger charge is 1.95. The van der Waals surface area contributed by atoms with Gasteiger partial charge in [0.15, 0.2) is 0 Å². The van der Waals surface area contributed by atoms with Crippen molar-refractivity contribution in [1.82, 2.24) is 0 Å². The van der Waals surface area contributed by atoms with Crippen molar-refractivity contribution >= 4 is 0 Å². The van der Waals surface area contributed by atoms with Gasteiger partial charge in [0.05, 0.1) is 0 Å². The molecule has 96 valence electrons. The van der Waals surface area contributed by atoms with E-state index in [9.17, 15) is 0 Å². The van der Waals surface area contributed by atoms with Crippen LogP contribution in [0.5, 0.6) is 0 Å². The average Bonchev–Trinajstić information content (AvgIpc) is 2.33. The molecule has 1 aromatic rings. The van der Waals surface area contributed by atoms with Gasteiger partial charge in [-0.05, 0) is 44.4 Å². The number of benzene rings is 1. The molecule has 0 saturated heterocycles. The molecule has 0 N–H and O–H groups in total. The molecule has 0 saturated carbocycles. The number of rotatable bonds is 0. The van der Waals surface area contributed by atoms with Crippen molar-refractivity contribution in [2.24, 2.45) is 0 Å². The number of hydrogen-bond acceptors (Lipinski definition) is 0. The highest BCUT2D eigenvalue weighted by molar-refractivity contribution is 5.35. The van der Waals surface area contributed by atoms with Gasteiger partial charge in [0.1, 0.15) is 0 Å². The van der Waals surface area contributed by atoms with Gasteiger partial charge in [-0.25, -0.2) is 0 Å². The van der Waals surface area contributed by atoms with Gasteiger partial charge in [-0.1, -0.05) is 59.2 Å². The highest BCUT2D eigenvalue weighted by atomic mass is 14.0. The van der Waals surface area contributed by atoms with Crippen LogP contribution in [0.4, 0.5) is 0 Å². The van der Waals surface area contributed by atoms with E-state index in [1.165, 1.54) is 22.3 Å². The second kappa shape index (κ2) is 14.2. The Labute approximate surface area is 104 Å². The van der Waals surface area contributed by atoms with Crippen molar-refractivity contribution in [3.63, 3.8) is 0 Å². The molecule has 0 radical (unpaired) electrons. The summed E-state index contributed by atoms with van der Waals surface area (Å²) in [6.07, 6.45) is 0. The van der Waals surface area contributed by atoms with Crippen LogP contribution < -0.4 is 0 Å². The van der Waals surface area contributed by atoms with E-state index in [1.54, 1.807) is 0 Å². The van der Waals surface area contributed by atoms with Crippen molar-refractivity contribution in [3.8, 4) is 0 Å². The van der Waals surface area contributed by atoms with Gasteiger partial charge in [0.2, 0.25) is 0 Å². The molecule has 0 unspecified atom stereocenters. The van der Waals surface area contributed by atoms with Crippen LogP contribution in [0.15, 0.2) is 12.1 Å². The fourth-order valence-corrected chi connectivity index (χ4v) is 1.25. The predicted molar refractivity (Wildman–Crippen MR) is 79.4 cm³/mol. The monoisotopic (exact) mass is 224 g/mol. The van der Waals surface area contributed by atoms with Gasteiger partial charge in [-0.3, -0.25) is 0 Å². The molecule has 0 aromatic heterocycles. The van der Waals surface area contributed by atoms with Crippen LogP contribution in [0, 0.1) is 27.7 Å². The molecule has 0 aliphatic carbocycles. The van der Waals surface area contributed by atoms with Crippen LogP contribution in [0.1, 0.15) is 63.8 Å². The van der Waals surface area contributed by atoms with E-state index in [0.29, 0.717) is 0 Å². The van der Waals surface area contributed by atoms with Gasteiger partial charge < -0.3 is 0 Å². The van der Waals surface area contributed by atoms with Gasteiger partial charge in [-0.15, -0.1) is 0 Å². The molecule has 1 rings (SSSR count). The van der Waals surface area contributed by atoms with Gasteiger partial charge in [0, 0.05) is 0 Å². The smallest absolute Gasteiger partial charge is 0.0392 e. The molecule has 0 amide bonds. The Bertz CT molecular complexity index is 223. The number of hydrogen-bond donors (Lipinski definition) is 0. The molecule has 1 aromatic carbocycles. The molecule has 0 fully saturated rings. The van der Waals surface area contributed by atoms with E-state index in [-0.39, 0.29) is 0 Å². The molecular formula is C16H32. The molecule has 0 aliphatic heterocycles. The topological polar surface area (TPSA) is 0 Å². The average molecular weight is 224 g/mol. The zero-order valence-electron chi connectivity index (χ0n) is 13.2. The van der Waals surface area contributed by atoms with Gasteiger partial charge in [-0.2, -0.15) is 0 Å². The first-order valence-corrected chi connectivity index (χ1v) is 6.65. The van der Waals surface area contributed by atoms with E-state index in [4.69, 9.17) is 0 Å². The molecular weight excluding hydrogens is 192 g/mol. The lowest BCUT2D eigenvalue weighted by Crippen LogP contribution is -1.86. The lowest BCUT2D eigenvalue weighted by Gasteiger charge is -2.04. The summed E-state index contributed by atoms with van der Waals surface area (Å²) >= 11 is 0. The first kappa shape index (κ1) is 20.6. The molecule has 16 heavy (non-hydrogen) atoms. The third kappa shape index (κ3) is 8.52. The predicted octanol–water partition coefficient (Wildman–Crippen LogP) is 6.00. The van der Waals surface area contributed by atoms with E-state index in [0.717, 1.165) is 0 Å². The summed E-state index contributed by atoms with van der Waals surface area (Å²) in [6, 6.07) is 4.45. The maximum absolute atomic E-state index is 2.22. The lowest BCUT2D eigenvalue weighted by molar-refractivity contribution is 1.23. The second-order valence-corrected chi connectivity index (χ2v) is 3.02. The summed E-state index contributed by atoms with van der Waals surface area (Å²) in [4.78, 5) is 0. The van der Waals surface area contributed by atoms with E-state index < -0.39 is 0 Å². The van der Waals surface area contributed by atoms with Crippen molar-refractivity contribution in [1.29, 1.82) is 0 Å². The van der Waals surface area contributed by atoms with Crippen LogP contribution in [0.25, 0.3) is 0 Å². The molecule has 0 bridgehead atoms. The fourth-order valence-electron chi connectivity index (χ4n) is 1.25. The minimum Gasteiger partial charge on any atom is -0.0683 e. The Hall–Kier alpha value is -0.780. The fraction of sp³-hybridized carbons (Fsp3) is 0.625. The summed E-state index contributed by atoms with van der Waals surface area (Å²) < 4.78 is 0. The molecule has 0 atom stereocenters. The van der Waals surface area contributed by atoms with Gasteiger partial charge >= 0.3 is 0 Å². The van der Waals surface area contributed by atoms with Crippen molar-refractivity contribution in [2.45, 2.75) is 69.2 Å². The molecule has 0 spiro atoms. The third-order valence-electron chi connectivity index (χ3n) is 2.07. The van der Waals surface area contributed by atoms with E-state index in [2.05, 4.69) is 39.8 Å². The first-order chi connectivity index (χ1) is 7.61. The Morgan fingerprint density at radius 3 is 1.06 bits per heavy atom. The Morgan fingerprint density at radius 2 is 0.812 bits per heavy atom. The molecule has 0 nitrogen and oxygen atoms in total. The van der Waals surface area contributed by atoms with Crippen LogP contribution in [0.2, 0.25) is 0 Å². The van der Waals surface area contributed by atoms with Gasteiger partial charge in [0.25, 0.3) is 0 Å². The minimum absolute atomic E-state index is 1.36. The van der Waals surface area contributed by atoms with E-state index >= 15 is 0 Å². The van der Waals surface area contributed by atoms with Crippen LogP contribution >= 0.6 is 0 Å². The van der Waals surface area contributed by atoms with Crippen LogP contribution in [0.3, 0.4) is 0 Å². The Morgan fingerprint density at radius 1 is 0.562 bits per heavy atom. The molecule has 0 heteroatoms. The summed E-state index contributed by atoms with van der Waals surface area (Å²) in [5.74, 6) is 0. The van der Waals surface area contributed by atoms with Crippen LogP contribution in [-0.2, 0) is 0 Å². The zero-order valence-corrected chi connectivity index (χ0v) is 13.2. The molecule has 0 heterocycles. The summed E-state index contributed by atoms with van der Waals surface area (Å²) in [5, 5.41) is 0. The zero-order chi connectivity index (χ0) is 13.7. The quantitative estimate of drug-likeness (QED) is 0.507. The Balaban J connectivity index is -0.000000245. The van der Waals surface area contributed by atoms with Crippen LogP contribution in [-0.4, -0.2) is 0 Å². The van der Waals surface area contributed by atoms with Crippen molar-refractivity contribution in [2.75, 3.05) is 0 Å².